The van der Waals surface area contributed by atoms with Gasteiger partial charge in [-0.3, -0.25) is 0 Å². The van der Waals surface area contributed by atoms with Crippen molar-refractivity contribution in [1.82, 2.24) is 15.4 Å². The summed E-state index contributed by atoms with van der Waals surface area (Å²) in [5.74, 6) is -0.201. The average Bonchev–Trinajstić information content (AvgIpc) is 2.82. The van der Waals surface area contributed by atoms with Crippen molar-refractivity contribution >= 4 is 29.2 Å². The molecule has 0 unspecified atom stereocenters. The minimum absolute atomic E-state index is 0.0110. The summed E-state index contributed by atoms with van der Waals surface area (Å²) in [6, 6.07) is 4.68. The number of nitrogens with one attached hydrogen (secondary N) is 1. The van der Waals surface area contributed by atoms with Gasteiger partial charge in [-0.2, -0.15) is 0 Å². The molecule has 0 fully saturated rings. The quantitative estimate of drug-likeness (QED) is 0.878. The number of esters is 1. The molecule has 0 radical (unpaired) electrons. The Balaban J connectivity index is 2.21. The van der Waals surface area contributed by atoms with Crippen molar-refractivity contribution in [1.29, 1.82) is 0 Å². The molecule has 0 saturated heterocycles. The van der Waals surface area contributed by atoms with Crippen LogP contribution in [0.25, 0.3) is 0 Å². The van der Waals surface area contributed by atoms with E-state index in [0.29, 0.717) is 15.8 Å². The highest BCUT2D eigenvalue weighted by molar-refractivity contribution is 6.42. The fourth-order valence-corrected chi connectivity index (χ4v) is 1.57. The van der Waals surface area contributed by atoms with Gasteiger partial charge in [-0.25, -0.2) is 9.89 Å². The third kappa shape index (κ3) is 3.15. The fraction of sp³-hybridized carbons (Fsp3) is 0.182. The smallest absolute Gasteiger partial charge is 0.362 e. The van der Waals surface area contributed by atoms with Crippen LogP contribution in [0.1, 0.15) is 17.4 Å². The number of halogens is 2. The number of rotatable bonds is 4. The van der Waals surface area contributed by atoms with E-state index in [2.05, 4.69) is 15.4 Å². The number of hydrogen-bond donors (Lipinski definition) is 1. The highest BCUT2D eigenvalue weighted by Gasteiger charge is 2.19. The highest BCUT2D eigenvalue weighted by atomic mass is 35.5. The average molecular weight is 302 g/mol. The zero-order valence-corrected chi connectivity index (χ0v) is 11.3. The molecule has 0 aliphatic heterocycles. The van der Waals surface area contributed by atoms with Gasteiger partial charge in [-0.1, -0.05) is 33.5 Å². The number of carbonyl (C=O) groups excluding carboxylic acids is 1. The Bertz CT molecular complexity index is 601. The van der Waals surface area contributed by atoms with Crippen molar-refractivity contribution in [3.8, 4) is 11.6 Å². The summed E-state index contributed by atoms with van der Waals surface area (Å²) >= 11 is 11.6. The summed E-state index contributed by atoms with van der Waals surface area (Å²) in [5.41, 5.74) is 0.0351. The Morgan fingerprint density at radius 1 is 1.37 bits per heavy atom. The predicted octanol–water partition coefficient (Wildman–Crippen LogP) is 3.08. The minimum Gasteiger partial charge on any atom is -0.461 e. The number of ether oxygens (including phenoxy) is 2. The monoisotopic (exact) mass is 301 g/mol. The lowest BCUT2D eigenvalue weighted by Gasteiger charge is -2.05. The van der Waals surface area contributed by atoms with Crippen LogP contribution in [0.2, 0.25) is 10.0 Å². The van der Waals surface area contributed by atoms with Crippen LogP contribution < -0.4 is 4.74 Å². The molecule has 0 aliphatic rings. The number of aromatic nitrogens is 3. The van der Waals surface area contributed by atoms with Crippen LogP contribution in [-0.2, 0) is 4.74 Å². The maximum Gasteiger partial charge on any atom is 0.362 e. The molecule has 0 bridgehead atoms. The van der Waals surface area contributed by atoms with E-state index >= 15 is 0 Å². The van der Waals surface area contributed by atoms with Gasteiger partial charge in [0, 0.05) is 6.07 Å². The lowest BCUT2D eigenvalue weighted by Crippen LogP contribution is -2.06. The molecule has 1 aromatic carbocycles. The van der Waals surface area contributed by atoms with Crippen molar-refractivity contribution < 1.29 is 14.3 Å². The molecule has 6 nitrogen and oxygen atoms in total. The molecule has 2 aromatic rings. The number of nitrogens with zero attached hydrogens (tertiary/aromatic N) is 2. The number of carbonyl (C=O) groups is 1. The van der Waals surface area contributed by atoms with Crippen molar-refractivity contribution in [3.63, 3.8) is 0 Å². The summed E-state index contributed by atoms with van der Waals surface area (Å²) in [6.07, 6.45) is 0. The summed E-state index contributed by atoms with van der Waals surface area (Å²) < 4.78 is 10.2. The molecule has 1 N–H and O–H groups in total. The molecule has 2 rings (SSSR count). The Morgan fingerprint density at radius 2 is 2.16 bits per heavy atom. The van der Waals surface area contributed by atoms with Crippen molar-refractivity contribution in [2.24, 2.45) is 0 Å². The molecule has 8 heteroatoms. The summed E-state index contributed by atoms with van der Waals surface area (Å²) in [7, 11) is 0. The van der Waals surface area contributed by atoms with Crippen molar-refractivity contribution in [2.75, 3.05) is 6.61 Å². The Labute approximate surface area is 118 Å². The zero-order chi connectivity index (χ0) is 13.8. The van der Waals surface area contributed by atoms with E-state index in [9.17, 15) is 4.79 Å². The molecule has 0 aliphatic carbocycles. The lowest BCUT2D eigenvalue weighted by molar-refractivity contribution is 0.0516. The maximum absolute atomic E-state index is 11.6. The second-order valence-electron chi connectivity index (χ2n) is 3.39. The molecule has 100 valence electrons. The number of hydrogen-bond acceptors (Lipinski definition) is 5. The summed E-state index contributed by atoms with van der Waals surface area (Å²) in [5, 5.41) is 10.3. The maximum atomic E-state index is 11.6. The third-order valence-electron chi connectivity index (χ3n) is 2.10. The molecule has 0 saturated carbocycles. The van der Waals surface area contributed by atoms with Gasteiger partial charge in [0.15, 0.2) is 0 Å². The van der Waals surface area contributed by atoms with Crippen LogP contribution in [-0.4, -0.2) is 28.0 Å². The van der Waals surface area contributed by atoms with Crippen LogP contribution in [0.5, 0.6) is 11.6 Å². The van der Waals surface area contributed by atoms with Gasteiger partial charge in [0.25, 0.3) is 5.88 Å². The third-order valence-corrected chi connectivity index (χ3v) is 2.84. The lowest BCUT2D eigenvalue weighted by atomic mass is 10.3. The van der Waals surface area contributed by atoms with Gasteiger partial charge in [0.05, 0.1) is 16.7 Å². The topological polar surface area (TPSA) is 77.1 Å². The second-order valence-corrected chi connectivity index (χ2v) is 4.20. The predicted molar refractivity (Wildman–Crippen MR) is 68.9 cm³/mol. The molecule has 0 atom stereocenters. The first-order valence-corrected chi connectivity index (χ1v) is 6.08. The normalized spacial score (nSPS) is 10.3. The molecule has 0 spiro atoms. The van der Waals surface area contributed by atoms with E-state index in [4.69, 9.17) is 32.7 Å². The first kappa shape index (κ1) is 13.6. The first-order valence-electron chi connectivity index (χ1n) is 5.33. The van der Waals surface area contributed by atoms with Crippen LogP contribution >= 0.6 is 23.2 Å². The first-order chi connectivity index (χ1) is 9.11. The van der Waals surface area contributed by atoms with Crippen molar-refractivity contribution in [3.05, 3.63) is 33.9 Å². The van der Waals surface area contributed by atoms with Crippen molar-refractivity contribution in [2.45, 2.75) is 6.92 Å². The van der Waals surface area contributed by atoms with Gasteiger partial charge in [-0.05, 0) is 19.1 Å². The van der Waals surface area contributed by atoms with Gasteiger partial charge >= 0.3 is 5.97 Å². The van der Waals surface area contributed by atoms with Crippen LogP contribution in [0, 0.1) is 0 Å². The van der Waals surface area contributed by atoms with E-state index in [1.54, 1.807) is 19.1 Å². The Hall–Kier alpha value is -1.79. The molecular formula is C11H9Cl2N3O3. The van der Waals surface area contributed by atoms with Crippen LogP contribution in [0.4, 0.5) is 0 Å². The van der Waals surface area contributed by atoms with Gasteiger partial charge < -0.3 is 9.47 Å². The SMILES string of the molecule is CCOC(=O)c1[nH]nnc1Oc1ccc(Cl)c(Cl)c1. The highest BCUT2D eigenvalue weighted by Crippen LogP contribution is 2.29. The molecule has 19 heavy (non-hydrogen) atoms. The molecule has 1 heterocycles. The van der Waals surface area contributed by atoms with Gasteiger partial charge in [0.2, 0.25) is 5.69 Å². The molecule has 0 amide bonds. The minimum atomic E-state index is -0.595. The second kappa shape index (κ2) is 5.90. The van der Waals surface area contributed by atoms with E-state index in [1.807, 2.05) is 0 Å². The van der Waals surface area contributed by atoms with E-state index < -0.39 is 5.97 Å². The number of H-pyrrole nitrogens is 1. The molecular weight excluding hydrogens is 293 g/mol. The van der Waals surface area contributed by atoms with Crippen LogP contribution in [0.15, 0.2) is 18.2 Å². The van der Waals surface area contributed by atoms with Gasteiger partial charge in [-0.15, -0.1) is 0 Å². The van der Waals surface area contributed by atoms with E-state index in [0.717, 1.165) is 0 Å². The fourth-order valence-electron chi connectivity index (χ4n) is 1.28. The van der Waals surface area contributed by atoms with Gasteiger partial charge in [0.1, 0.15) is 5.75 Å². The number of benzene rings is 1. The largest absolute Gasteiger partial charge is 0.461 e. The Kier molecular flexibility index (Phi) is 4.24. The summed E-state index contributed by atoms with van der Waals surface area (Å²) in [6.45, 7) is 1.94. The zero-order valence-electron chi connectivity index (χ0n) is 9.81. The molecule has 1 aromatic heterocycles. The summed E-state index contributed by atoms with van der Waals surface area (Å²) in [4.78, 5) is 11.6. The van der Waals surface area contributed by atoms with Crippen LogP contribution in [0.3, 0.4) is 0 Å². The standard InChI is InChI=1S/C11H9Cl2N3O3/c1-2-18-11(17)9-10(15-16-14-9)19-6-3-4-7(12)8(13)5-6/h3-5H,2H2,1H3,(H,14,15,16). The Morgan fingerprint density at radius 3 is 2.84 bits per heavy atom. The van der Waals surface area contributed by atoms with E-state index in [-0.39, 0.29) is 18.2 Å². The number of aromatic amines is 1. The van der Waals surface area contributed by atoms with E-state index in [1.165, 1.54) is 6.07 Å².